The molecule has 2 N–H and O–H groups in total. The Hall–Kier alpha value is -3.49. The second kappa shape index (κ2) is 10.2. The number of hydrogen-bond acceptors (Lipinski definition) is 9. The van der Waals surface area contributed by atoms with Crippen molar-refractivity contribution in [1.82, 2.24) is 0 Å². The summed E-state index contributed by atoms with van der Waals surface area (Å²) in [6.45, 7) is 6.33. The van der Waals surface area contributed by atoms with Gasteiger partial charge in [0.1, 0.15) is 17.9 Å². The lowest BCUT2D eigenvalue weighted by atomic mass is 9.79. The van der Waals surface area contributed by atoms with Crippen molar-refractivity contribution >= 4 is 23.5 Å². The van der Waals surface area contributed by atoms with Crippen LogP contribution in [0.5, 0.6) is 5.75 Å². The molecule has 0 saturated heterocycles. The standard InChI is InChI=1S/C23H28N2O7/c1-5-10-31-13-8-9-14-15(11-13)25-22(28-4)20-18(14)19(23(27)30-7-3)16(32-21(20)24)12-17(26)29-6-2/h8-9,11,18H,5-7,10,12,24H2,1-4H3. The first-order chi connectivity index (χ1) is 15.4. The van der Waals surface area contributed by atoms with E-state index >= 15 is 0 Å². The van der Waals surface area contributed by atoms with Crippen LogP contribution in [0.25, 0.3) is 0 Å². The molecule has 3 rings (SSSR count). The number of rotatable bonds is 8. The van der Waals surface area contributed by atoms with Crippen LogP contribution in [0.3, 0.4) is 0 Å². The SMILES string of the molecule is CCCOc1ccc2c(c1)N=C(OC)C1=C(N)OC(CC(=O)OCC)=C(C(=O)OCC)C12. The summed E-state index contributed by atoms with van der Waals surface area (Å²) >= 11 is 0. The Bertz CT molecular complexity index is 994. The molecule has 0 radical (unpaired) electrons. The summed E-state index contributed by atoms with van der Waals surface area (Å²) < 4.78 is 27.3. The lowest BCUT2D eigenvalue weighted by Gasteiger charge is -2.33. The maximum absolute atomic E-state index is 13.0. The van der Waals surface area contributed by atoms with Gasteiger partial charge in [0.05, 0.1) is 49.7 Å². The molecular weight excluding hydrogens is 416 g/mol. The highest BCUT2D eigenvalue weighted by atomic mass is 16.5. The minimum Gasteiger partial charge on any atom is -0.494 e. The number of carbonyl (C=O) groups is 2. The third kappa shape index (κ3) is 4.56. The van der Waals surface area contributed by atoms with Gasteiger partial charge in [-0.2, -0.15) is 0 Å². The molecule has 2 heterocycles. The first kappa shape index (κ1) is 23.2. The van der Waals surface area contributed by atoms with Crippen LogP contribution in [-0.2, 0) is 28.5 Å². The summed E-state index contributed by atoms with van der Waals surface area (Å²) in [5.74, 6) is -0.898. The van der Waals surface area contributed by atoms with E-state index in [0.29, 0.717) is 29.2 Å². The van der Waals surface area contributed by atoms with Gasteiger partial charge in [-0.15, -0.1) is 0 Å². The highest BCUT2D eigenvalue weighted by Crippen LogP contribution is 2.48. The third-order valence-corrected chi connectivity index (χ3v) is 4.91. The zero-order chi connectivity index (χ0) is 23.3. The van der Waals surface area contributed by atoms with Crippen molar-refractivity contribution in [3.05, 3.63) is 46.6 Å². The number of fused-ring (bicyclic) bond motifs is 3. The Morgan fingerprint density at radius 1 is 1.16 bits per heavy atom. The zero-order valence-corrected chi connectivity index (χ0v) is 18.7. The van der Waals surface area contributed by atoms with Crippen molar-refractivity contribution in [3.8, 4) is 5.75 Å². The molecule has 0 bridgehead atoms. The van der Waals surface area contributed by atoms with Gasteiger partial charge in [0.25, 0.3) is 0 Å². The van der Waals surface area contributed by atoms with E-state index in [2.05, 4.69) is 4.99 Å². The number of methoxy groups -OCH3 is 1. The molecule has 1 unspecified atom stereocenters. The van der Waals surface area contributed by atoms with E-state index in [4.69, 9.17) is 29.4 Å². The van der Waals surface area contributed by atoms with Gasteiger partial charge >= 0.3 is 11.9 Å². The minimum absolute atomic E-state index is 0.0000866. The molecule has 2 aliphatic rings. The fourth-order valence-corrected chi connectivity index (χ4v) is 3.64. The van der Waals surface area contributed by atoms with Crippen molar-refractivity contribution in [2.24, 2.45) is 10.7 Å². The number of benzene rings is 1. The van der Waals surface area contributed by atoms with Crippen LogP contribution in [0.15, 0.2) is 46.0 Å². The Kier molecular flexibility index (Phi) is 7.40. The molecule has 1 aromatic rings. The molecule has 1 atom stereocenters. The van der Waals surface area contributed by atoms with Gasteiger partial charge in [-0.1, -0.05) is 13.0 Å². The Balaban J connectivity index is 2.17. The monoisotopic (exact) mass is 444 g/mol. The second-order valence-electron chi connectivity index (χ2n) is 7.04. The fraction of sp³-hybridized carbons (Fsp3) is 0.435. The quantitative estimate of drug-likeness (QED) is 0.607. The van der Waals surface area contributed by atoms with E-state index < -0.39 is 17.9 Å². The Morgan fingerprint density at radius 2 is 1.91 bits per heavy atom. The van der Waals surface area contributed by atoms with Gasteiger partial charge in [0.15, 0.2) is 5.88 Å². The summed E-state index contributed by atoms with van der Waals surface area (Å²) in [7, 11) is 1.46. The van der Waals surface area contributed by atoms with E-state index in [0.717, 1.165) is 6.42 Å². The molecule has 0 aromatic heterocycles. The molecule has 32 heavy (non-hydrogen) atoms. The van der Waals surface area contributed by atoms with E-state index in [1.165, 1.54) is 7.11 Å². The van der Waals surface area contributed by atoms with Crippen LogP contribution in [0, 0.1) is 0 Å². The molecule has 172 valence electrons. The van der Waals surface area contributed by atoms with E-state index in [1.54, 1.807) is 26.0 Å². The number of hydrogen-bond donors (Lipinski definition) is 1. The van der Waals surface area contributed by atoms with Gasteiger partial charge < -0.3 is 29.4 Å². The molecule has 9 heteroatoms. The highest BCUT2D eigenvalue weighted by Gasteiger charge is 2.43. The van der Waals surface area contributed by atoms with Gasteiger partial charge in [-0.3, -0.25) is 4.79 Å². The van der Waals surface area contributed by atoms with Gasteiger partial charge in [0, 0.05) is 6.07 Å². The first-order valence-corrected chi connectivity index (χ1v) is 10.6. The maximum atomic E-state index is 13.0. The van der Waals surface area contributed by atoms with Crippen molar-refractivity contribution in [1.29, 1.82) is 0 Å². The van der Waals surface area contributed by atoms with Crippen molar-refractivity contribution in [3.63, 3.8) is 0 Å². The number of aliphatic imine (C=N–C) groups is 1. The average Bonchev–Trinajstić information content (AvgIpc) is 2.77. The predicted molar refractivity (Wildman–Crippen MR) is 116 cm³/mol. The number of nitrogens with zero attached hydrogens (tertiary/aromatic N) is 1. The van der Waals surface area contributed by atoms with Gasteiger partial charge in [0.2, 0.25) is 5.90 Å². The predicted octanol–water partition coefficient (Wildman–Crippen LogP) is 3.22. The summed E-state index contributed by atoms with van der Waals surface area (Å²) in [4.78, 5) is 29.8. The van der Waals surface area contributed by atoms with Crippen LogP contribution in [0.2, 0.25) is 0 Å². The number of esters is 2. The molecule has 2 aliphatic heterocycles. The topological polar surface area (TPSA) is 119 Å². The molecule has 0 saturated carbocycles. The van der Waals surface area contributed by atoms with Crippen LogP contribution in [0.4, 0.5) is 5.69 Å². The van der Waals surface area contributed by atoms with Crippen molar-refractivity contribution < 1.29 is 33.3 Å². The van der Waals surface area contributed by atoms with Crippen LogP contribution in [0.1, 0.15) is 45.1 Å². The number of carbonyl (C=O) groups excluding carboxylic acids is 2. The third-order valence-electron chi connectivity index (χ3n) is 4.91. The normalized spacial score (nSPS) is 17.0. The molecule has 0 fully saturated rings. The van der Waals surface area contributed by atoms with Gasteiger partial charge in [-0.05, 0) is 31.9 Å². The van der Waals surface area contributed by atoms with E-state index in [9.17, 15) is 9.59 Å². The lowest BCUT2D eigenvalue weighted by molar-refractivity contribution is -0.143. The largest absolute Gasteiger partial charge is 0.494 e. The average molecular weight is 444 g/mol. The Morgan fingerprint density at radius 3 is 2.56 bits per heavy atom. The first-order valence-electron chi connectivity index (χ1n) is 10.6. The van der Waals surface area contributed by atoms with Crippen molar-refractivity contribution in [2.45, 2.75) is 39.5 Å². The summed E-state index contributed by atoms with van der Waals surface area (Å²) in [6, 6.07) is 5.40. The maximum Gasteiger partial charge on any atom is 0.338 e. The summed E-state index contributed by atoms with van der Waals surface area (Å²) in [5, 5.41) is 0. The second-order valence-corrected chi connectivity index (χ2v) is 7.04. The highest BCUT2D eigenvalue weighted by molar-refractivity contribution is 6.05. The number of ether oxygens (including phenoxy) is 5. The smallest absolute Gasteiger partial charge is 0.338 e. The summed E-state index contributed by atoms with van der Waals surface area (Å²) in [5.41, 5.74) is 8.04. The van der Waals surface area contributed by atoms with Gasteiger partial charge in [-0.25, -0.2) is 9.79 Å². The Labute approximate surface area is 186 Å². The van der Waals surface area contributed by atoms with Crippen molar-refractivity contribution in [2.75, 3.05) is 26.9 Å². The molecule has 9 nitrogen and oxygen atoms in total. The molecule has 0 amide bonds. The van der Waals surface area contributed by atoms with Crippen LogP contribution in [-0.4, -0.2) is 44.8 Å². The minimum atomic E-state index is -0.685. The lowest BCUT2D eigenvalue weighted by Crippen LogP contribution is -2.32. The summed E-state index contributed by atoms with van der Waals surface area (Å²) in [6.07, 6.45) is 0.596. The molecule has 0 aliphatic carbocycles. The fourth-order valence-electron chi connectivity index (χ4n) is 3.64. The molecular formula is C23H28N2O7. The van der Waals surface area contributed by atoms with E-state index in [-0.39, 0.29) is 42.7 Å². The number of nitrogens with two attached hydrogens (primary N) is 1. The molecule has 0 spiro atoms. The van der Waals surface area contributed by atoms with E-state index in [1.807, 2.05) is 13.0 Å². The van der Waals surface area contributed by atoms with Crippen LogP contribution < -0.4 is 10.5 Å². The zero-order valence-electron chi connectivity index (χ0n) is 18.7. The van der Waals surface area contributed by atoms with Crippen LogP contribution >= 0.6 is 0 Å². The molecule has 1 aromatic carbocycles.